The summed E-state index contributed by atoms with van der Waals surface area (Å²) in [5.74, 6) is -0.765. The molecule has 1 amide bonds. The third kappa shape index (κ3) is 3.05. The van der Waals surface area contributed by atoms with Crippen molar-refractivity contribution in [3.05, 3.63) is 36.4 Å². The minimum atomic E-state index is -1.06. The van der Waals surface area contributed by atoms with Crippen molar-refractivity contribution in [1.82, 2.24) is 19.9 Å². The molecule has 2 aliphatic rings. The summed E-state index contributed by atoms with van der Waals surface area (Å²) in [5, 5.41) is 12.9. The number of hydrogen-bond donors (Lipinski definition) is 2. The van der Waals surface area contributed by atoms with Crippen LogP contribution in [0.25, 0.3) is 11.0 Å². The summed E-state index contributed by atoms with van der Waals surface area (Å²) in [6.07, 6.45) is 4.82. The quantitative estimate of drug-likeness (QED) is 0.583. The van der Waals surface area contributed by atoms with E-state index in [0.717, 1.165) is 11.0 Å². The molecule has 28 heavy (non-hydrogen) atoms. The van der Waals surface area contributed by atoms with Crippen molar-refractivity contribution in [3.63, 3.8) is 0 Å². The van der Waals surface area contributed by atoms with Crippen molar-refractivity contribution in [3.8, 4) is 0 Å². The highest BCUT2D eigenvalue weighted by Gasteiger charge is 2.61. The highest BCUT2D eigenvalue weighted by Crippen LogP contribution is 2.55. The van der Waals surface area contributed by atoms with Crippen LogP contribution in [0, 0.1) is 5.41 Å². The molecule has 1 saturated carbocycles. The molecule has 2 aromatic heterocycles. The Morgan fingerprint density at radius 3 is 3.00 bits per heavy atom. The molecule has 1 aliphatic heterocycles. The van der Waals surface area contributed by atoms with Crippen LogP contribution in [-0.4, -0.2) is 50.3 Å². The van der Waals surface area contributed by atoms with Gasteiger partial charge in [0.2, 0.25) is 0 Å². The summed E-state index contributed by atoms with van der Waals surface area (Å²) in [6, 6.07) is 1.79. The number of ether oxygens (including phenoxy) is 2. The highest BCUT2D eigenvalue weighted by atomic mass is 35.5. The maximum Gasteiger partial charge on any atom is 0.404 e. The van der Waals surface area contributed by atoms with Gasteiger partial charge in [-0.25, -0.2) is 14.8 Å². The lowest BCUT2D eigenvalue weighted by Crippen LogP contribution is -2.44. The Kier molecular flexibility index (Phi) is 4.60. The van der Waals surface area contributed by atoms with E-state index in [1.54, 1.807) is 0 Å². The zero-order chi connectivity index (χ0) is 20.1. The van der Waals surface area contributed by atoms with Gasteiger partial charge in [-0.05, 0) is 32.8 Å². The van der Waals surface area contributed by atoms with Crippen LogP contribution in [0.4, 0.5) is 4.79 Å². The molecule has 4 atom stereocenters. The Hall–Kier alpha value is -2.16. The molecule has 1 saturated heterocycles. The molecule has 0 bridgehead atoms. The number of carboxylic acid groups (broad SMARTS) is 1. The number of allylic oxidation sites excluding steroid dienone is 1. The SMILES string of the molecule is C=CC[C@@]1(CNC(=O)O)C[C@@H](n2ccc3c(Cl)ncnc32)[C@@H]2OC(C)(C)O[C@@H]21. The molecule has 3 heterocycles. The summed E-state index contributed by atoms with van der Waals surface area (Å²) in [6.45, 7) is 7.88. The van der Waals surface area contributed by atoms with Gasteiger partial charge >= 0.3 is 6.09 Å². The molecule has 0 spiro atoms. The van der Waals surface area contributed by atoms with Crippen LogP contribution in [0.5, 0.6) is 0 Å². The monoisotopic (exact) mass is 406 g/mol. The molecule has 150 valence electrons. The zero-order valence-electron chi connectivity index (χ0n) is 15.8. The number of hydrogen-bond acceptors (Lipinski definition) is 5. The third-order valence-electron chi connectivity index (χ3n) is 5.69. The Balaban J connectivity index is 1.78. The summed E-state index contributed by atoms with van der Waals surface area (Å²) in [4.78, 5) is 19.6. The number of amides is 1. The van der Waals surface area contributed by atoms with Gasteiger partial charge in [-0.15, -0.1) is 6.58 Å². The van der Waals surface area contributed by atoms with Crippen molar-refractivity contribution >= 4 is 28.7 Å². The van der Waals surface area contributed by atoms with Gasteiger partial charge < -0.3 is 24.5 Å². The maximum atomic E-state index is 11.2. The third-order valence-corrected chi connectivity index (χ3v) is 5.99. The molecule has 0 radical (unpaired) electrons. The van der Waals surface area contributed by atoms with Crippen LogP contribution in [0.2, 0.25) is 5.15 Å². The van der Waals surface area contributed by atoms with Crippen molar-refractivity contribution in [2.75, 3.05) is 6.54 Å². The lowest BCUT2D eigenvalue weighted by atomic mass is 9.80. The second-order valence-corrected chi connectivity index (χ2v) is 8.29. The van der Waals surface area contributed by atoms with Gasteiger partial charge in [0.05, 0.1) is 17.5 Å². The van der Waals surface area contributed by atoms with Gasteiger partial charge in [0.25, 0.3) is 0 Å². The zero-order valence-corrected chi connectivity index (χ0v) is 16.5. The van der Waals surface area contributed by atoms with Crippen molar-refractivity contribution in [2.24, 2.45) is 5.41 Å². The lowest BCUT2D eigenvalue weighted by Gasteiger charge is -2.34. The van der Waals surface area contributed by atoms with E-state index in [1.807, 2.05) is 36.8 Å². The summed E-state index contributed by atoms with van der Waals surface area (Å²) >= 11 is 6.22. The topological polar surface area (TPSA) is 98.5 Å². The number of carbonyl (C=O) groups is 1. The van der Waals surface area contributed by atoms with Gasteiger partial charge in [-0.1, -0.05) is 17.7 Å². The van der Waals surface area contributed by atoms with Crippen LogP contribution in [0.1, 0.15) is 32.7 Å². The molecule has 2 aromatic rings. The van der Waals surface area contributed by atoms with E-state index in [-0.39, 0.29) is 24.8 Å². The van der Waals surface area contributed by atoms with Gasteiger partial charge in [0.15, 0.2) is 5.79 Å². The second-order valence-electron chi connectivity index (χ2n) is 7.93. The number of nitrogens with one attached hydrogen (secondary N) is 1. The number of aromatic nitrogens is 3. The summed E-state index contributed by atoms with van der Waals surface area (Å²) < 4.78 is 14.6. The molecule has 0 aromatic carbocycles. The van der Waals surface area contributed by atoms with E-state index in [1.165, 1.54) is 6.33 Å². The normalized spacial score (nSPS) is 31.0. The van der Waals surface area contributed by atoms with E-state index in [0.29, 0.717) is 18.0 Å². The Morgan fingerprint density at radius 1 is 1.50 bits per heavy atom. The largest absolute Gasteiger partial charge is 0.465 e. The van der Waals surface area contributed by atoms with E-state index in [4.69, 9.17) is 21.1 Å². The first-order valence-electron chi connectivity index (χ1n) is 9.17. The Morgan fingerprint density at radius 2 is 2.29 bits per heavy atom. The summed E-state index contributed by atoms with van der Waals surface area (Å²) in [7, 11) is 0. The van der Waals surface area contributed by atoms with Gasteiger partial charge in [-0.3, -0.25) is 0 Å². The number of nitrogens with zero attached hydrogens (tertiary/aromatic N) is 3. The molecular formula is C19H23ClN4O4. The van der Waals surface area contributed by atoms with Gasteiger partial charge in [0.1, 0.15) is 23.2 Å². The van der Waals surface area contributed by atoms with E-state index in [2.05, 4.69) is 21.9 Å². The molecular weight excluding hydrogens is 384 g/mol. The molecule has 4 rings (SSSR count). The lowest BCUT2D eigenvalue weighted by molar-refractivity contribution is -0.168. The maximum absolute atomic E-state index is 11.2. The molecule has 0 unspecified atom stereocenters. The van der Waals surface area contributed by atoms with Crippen LogP contribution in [-0.2, 0) is 9.47 Å². The standard InChI is InChI=1S/C19H23ClN4O4/c1-4-6-19(9-21-17(25)26)8-12(13-14(19)28-18(2,3)27-13)24-7-5-11-15(20)22-10-23-16(11)24/h4-5,7,10,12-14,21H,1,6,8-9H2,2-3H3,(H,25,26)/t12-,13+,14+,19+/m1/s1. The van der Waals surface area contributed by atoms with Crippen molar-refractivity contribution in [1.29, 1.82) is 0 Å². The minimum Gasteiger partial charge on any atom is -0.465 e. The number of fused-ring (bicyclic) bond motifs is 2. The molecule has 9 heteroatoms. The fourth-order valence-electron chi connectivity index (χ4n) is 4.64. The smallest absolute Gasteiger partial charge is 0.404 e. The van der Waals surface area contributed by atoms with Crippen LogP contribution < -0.4 is 5.32 Å². The van der Waals surface area contributed by atoms with Crippen molar-refractivity contribution < 1.29 is 19.4 Å². The van der Waals surface area contributed by atoms with E-state index in [9.17, 15) is 9.90 Å². The van der Waals surface area contributed by atoms with Gasteiger partial charge in [0, 0.05) is 18.2 Å². The second kappa shape index (κ2) is 6.72. The predicted molar refractivity (Wildman–Crippen MR) is 103 cm³/mol. The first-order valence-corrected chi connectivity index (χ1v) is 9.54. The Labute approximate surface area is 167 Å². The molecule has 8 nitrogen and oxygen atoms in total. The van der Waals surface area contributed by atoms with Gasteiger partial charge in [-0.2, -0.15) is 0 Å². The number of rotatable bonds is 5. The molecule has 1 aliphatic carbocycles. The van der Waals surface area contributed by atoms with Crippen molar-refractivity contribution in [2.45, 2.75) is 50.7 Å². The van der Waals surface area contributed by atoms with Crippen LogP contribution >= 0.6 is 11.6 Å². The first-order chi connectivity index (χ1) is 13.3. The average molecular weight is 407 g/mol. The molecule has 2 N–H and O–H groups in total. The fraction of sp³-hybridized carbons (Fsp3) is 0.526. The molecule has 2 fully saturated rings. The van der Waals surface area contributed by atoms with Crippen LogP contribution in [0.15, 0.2) is 31.2 Å². The average Bonchev–Trinajstić information content (AvgIpc) is 3.26. The van der Waals surface area contributed by atoms with E-state index >= 15 is 0 Å². The minimum absolute atomic E-state index is 0.0919. The Bertz CT molecular complexity index is 930. The van der Waals surface area contributed by atoms with E-state index < -0.39 is 17.3 Å². The summed E-state index contributed by atoms with van der Waals surface area (Å²) in [5.41, 5.74) is 0.245. The first kappa shape index (κ1) is 19.2. The predicted octanol–water partition coefficient (Wildman–Crippen LogP) is 3.38. The van der Waals surface area contributed by atoms with Crippen LogP contribution in [0.3, 0.4) is 0 Å². The highest BCUT2D eigenvalue weighted by molar-refractivity contribution is 6.33. The fourth-order valence-corrected chi connectivity index (χ4v) is 4.83. The number of halogens is 1.